The third-order valence-electron chi connectivity index (χ3n) is 7.30. The molecule has 164 valence electrons. The average Bonchev–Trinajstić information content (AvgIpc) is 2.76. The lowest BCUT2D eigenvalue weighted by atomic mass is 9.89. The number of amides is 2. The summed E-state index contributed by atoms with van der Waals surface area (Å²) in [6, 6.07) is 7.64. The third kappa shape index (κ3) is 4.50. The summed E-state index contributed by atoms with van der Waals surface area (Å²) in [5.74, 6) is 1.02. The molecular formula is C25H36N2O3. The van der Waals surface area contributed by atoms with E-state index in [4.69, 9.17) is 4.74 Å². The highest BCUT2D eigenvalue weighted by Gasteiger charge is 2.45. The van der Waals surface area contributed by atoms with Gasteiger partial charge in [0.25, 0.3) is 5.91 Å². The fourth-order valence-electron chi connectivity index (χ4n) is 5.64. The number of carbonyl (C=O) groups excluding carboxylic acids is 2. The molecule has 4 rings (SSSR count). The van der Waals surface area contributed by atoms with Crippen LogP contribution in [0.15, 0.2) is 24.3 Å². The Balaban J connectivity index is 1.65. The summed E-state index contributed by atoms with van der Waals surface area (Å²) in [5, 5.41) is 0. The lowest BCUT2D eigenvalue weighted by Crippen LogP contribution is -2.60. The second kappa shape index (κ2) is 9.84. The number of rotatable bonds is 4. The number of hydrogen-bond donors (Lipinski definition) is 0. The van der Waals surface area contributed by atoms with Gasteiger partial charge in [-0.2, -0.15) is 0 Å². The Labute approximate surface area is 180 Å². The molecule has 1 heterocycles. The van der Waals surface area contributed by atoms with Crippen LogP contribution in [0.3, 0.4) is 0 Å². The first-order valence-corrected chi connectivity index (χ1v) is 11.9. The standard InChI is InChI=1S/C25H36N2O3/c1-30-22-16-14-19(15-17-22)24-25(29)26(20-10-8-5-9-11-20)18-23(28)27(24)21-12-6-3-2-4-7-13-21/h14-17,20-21,24H,2-13,18H2,1H3/t24-/m0/s1. The Bertz CT molecular complexity index is 718. The van der Waals surface area contributed by atoms with Gasteiger partial charge in [0.1, 0.15) is 18.3 Å². The molecule has 1 atom stereocenters. The Kier molecular flexibility index (Phi) is 6.96. The van der Waals surface area contributed by atoms with Crippen LogP contribution in [0.5, 0.6) is 5.75 Å². The molecule has 1 aromatic rings. The number of hydrogen-bond acceptors (Lipinski definition) is 3. The van der Waals surface area contributed by atoms with Gasteiger partial charge in [0.2, 0.25) is 5.91 Å². The summed E-state index contributed by atoms with van der Waals surface area (Å²) in [5.41, 5.74) is 0.914. The van der Waals surface area contributed by atoms with Gasteiger partial charge in [-0.05, 0) is 43.4 Å². The van der Waals surface area contributed by atoms with Crippen LogP contribution in [0.4, 0.5) is 0 Å². The summed E-state index contributed by atoms with van der Waals surface area (Å²) in [7, 11) is 1.65. The molecule has 2 saturated carbocycles. The first-order chi connectivity index (χ1) is 14.7. The van der Waals surface area contributed by atoms with Crippen molar-refractivity contribution in [3.05, 3.63) is 29.8 Å². The van der Waals surface area contributed by atoms with Gasteiger partial charge in [-0.1, -0.05) is 63.5 Å². The number of piperazine rings is 1. The molecule has 2 amide bonds. The van der Waals surface area contributed by atoms with E-state index in [0.29, 0.717) is 0 Å². The van der Waals surface area contributed by atoms with Crippen LogP contribution in [0.2, 0.25) is 0 Å². The van der Waals surface area contributed by atoms with E-state index < -0.39 is 6.04 Å². The van der Waals surface area contributed by atoms with E-state index >= 15 is 0 Å². The molecule has 2 aliphatic carbocycles. The van der Waals surface area contributed by atoms with Crippen LogP contribution < -0.4 is 4.74 Å². The highest BCUT2D eigenvalue weighted by atomic mass is 16.5. The molecule has 0 bridgehead atoms. The van der Waals surface area contributed by atoms with E-state index in [0.717, 1.165) is 62.7 Å². The van der Waals surface area contributed by atoms with Crippen molar-refractivity contribution < 1.29 is 14.3 Å². The van der Waals surface area contributed by atoms with Gasteiger partial charge >= 0.3 is 0 Å². The maximum absolute atomic E-state index is 13.8. The largest absolute Gasteiger partial charge is 0.497 e. The zero-order valence-corrected chi connectivity index (χ0v) is 18.4. The normalized spacial score (nSPS) is 25.2. The summed E-state index contributed by atoms with van der Waals surface area (Å²) >= 11 is 0. The molecule has 3 fully saturated rings. The molecule has 1 saturated heterocycles. The monoisotopic (exact) mass is 412 g/mol. The second-order valence-electron chi connectivity index (χ2n) is 9.23. The third-order valence-corrected chi connectivity index (χ3v) is 7.30. The van der Waals surface area contributed by atoms with Crippen molar-refractivity contribution in [1.29, 1.82) is 0 Å². The molecule has 1 aliphatic heterocycles. The van der Waals surface area contributed by atoms with Crippen molar-refractivity contribution in [2.45, 2.75) is 95.2 Å². The first-order valence-electron chi connectivity index (χ1n) is 11.9. The van der Waals surface area contributed by atoms with E-state index in [1.54, 1.807) is 7.11 Å². The zero-order chi connectivity index (χ0) is 20.9. The number of benzene rings is 1. The summed E-state index contributed by atoms with van der Waals surface area (Å²) in [4.78, 5) is 31.2. The Hall–Kier alpha value is -2.04. The van der Waals surface area contributed by atoms with Crippen LogP contribution in [0.25, 0.3) is 0 Å². The number of ether oxygens (including phenoxy) is 1. The predicted octanol–water partition coefficient (Wildman–Crippen LogP) is 4.85. The van der Waals surface area contributed by atoms with Gasteiger partial charge in [-0.25, -0.2) is 0 Å². The predicted molar refractivity (Wildman–Crippen MR) is 117 cm³/mol. The SMILES string of the molecule is COc1ccc([C@H]2C(=O)N(C3CCCCC3)CC(=O)N2C2CCCCCCC2)cc1. The van der Waals surface area contributed by atoms with Crippen LogP contribution in [-0.4, -0.2) is 47.4 Å². The van der Waals surface area contributed by atoms with Crippen molar-refractivity contribution in [1.82, 2.24) is 9.80 Å². The minimum absolute atomic E-state index is 0.119. The fraction of sp³-hybridized carbons (Fsp3) is 0.680. The summed E-state index contributed by atoms with van der Waals surface area (Å²) in [6.45, 7) is 0.257. The number of nitrogens with zero attached hydrogens (tertiary/aromatic N) is 2. The van der Waals surface area contributed by atoms with Gasteiger partial charge in [-0.15, -0.1) is 0 Å². The van der Waals surface area contributed by atoms with Crippen molar-refractivity contribution in [2.75, 3.05) is 13.7 Å². The average molecular weight is 413 g/mol. The van der Waals surface area contributed by atoms with Gasteiger partial charge < -0.3 is 14.5 Å². The quantitative estimate of drug-likeness (QED) is 0.710. The Morgan fingerprint density at radius 3 is 1.90 bits per heavy atom. The lowest BCUT2D eigenvalue weighted by molar-refractivity contribution is -0.162. The van der Waals surface area contributed by atoms with E-state index in [9.17, 15) is 9.59 Å². The smallest absolute Gasteiger partial charge is 0.250 e. The van der Waals surface area contributed by atoms with E-state index in [1.807, 2.05) is 34.1 Å². The van der Waals surface area contributed by atoms with Crippen molar-refractivity contribution in [3.8, 4) is 5.75 Å². The van der Waals surface area contributed by atoms with Crippen molar-refractivity contribution in [2.24, 2.45) is 0 Å². The van der Waals surface area contributed by atoms with Crippen LogP contribution in [0.1, 0.15) is 88.7 Å². The Morgan fingerprint density at radius 2 is 1.30 bits per heavy atom. The molecule has 0 N–H and O–H groups in total. The number of carbonyl (C=O) groups is 2. The van der Waals surface area contributed by atoms with Crippen LogP contribution in [0, 0.1) is 0 Å². The minimum Gasteiger partial charge on any atom is -0.497 e. The molecule has 5 nitrogen and oxygen atoms in total. The molecule has 0 aromatic heterocycles. The molecule has 1 aromatic carbocycles. The highest BCUT2D eigenvalue weighted by Crippen LogP contribution is 2.36. The highest BCUT2D eigenvalue weighted by molar-refractivity contribution is 5.96. The number of methoxy groups -OCH3 is 1. The molecule has 0 unspecified atom stereocenters. The van der Waals surface area contributed by atoms with Gasteiger partial charge in [0.15, 0.2) is 0 Å². The molecule has 0 spiro atoms. The summed E-state index contributed by atoms with van der Waals surface area (Å²) < 4.78 is 5.32. The van der Waals surface area contributed by atoms with Crippen molar-refractivity contribution in [3.63, 3.8) is 0 Å². The molecule has 30 heavy (non-hydrogen) atoms. The maximum Gasteiger partial charge on any atom is 0.250 e. The molecule has 5 heteroatoms. The summed E-state index contributed by atoms with van der Waals surface area (Å²) in [6.07, 6.45) is 13.7. The van der Waals surface area contributed by atoms with E-state index in [2.05, 4.69) is 0 Å². The fourth-order valence-corrected chi connectivity index (χ4v) is 5.64. The van der Waals surface area contributed by atoms with Gasteiger partial charge in [-0.3, -0.25) is 9.59 Å². The molecular weight excluding hydrogens is 376 g/mol. The first kappa shape index (κ1) is 21.2. The minimum atomic E-state index is -0.497. The zero-order valence-electron chi connectivity index (χ0n) is 18.4. The maximum atomic E-state index is 13.8. The lowest BCUT2D eigenvalue weighted by Gasteiger charge is -2.47. The van der Waals surface area contributed by atoms with Gasteiger partial charge in [0, 0.05) is 12.1 Å². The van der Waals surface area contributed by atoms with Crippen LogP contribution in [-0.2, 0) is 9.59 Å². The van der Waals surface area contributed by atoms with Crippen LogP contribution >= 0.6 is 0 Å². The topological polar surface area (TPSA) is 49.9 Å². The van der Waals surface area contributed by atoms with E-state index in [1.165, 1.54) is 25.7 Å². The van der Waals surface area contributed by atoms with E-state index in [-0.39, 0.29) is 30.4 Å². The Morgan fingerprint density at radius 1 is 0.767 bits per heavy atom. The molecule has 3 aliphatic rings. The second-order valence-corrected chi connectivity index (χ2v) is 9.23. The van der Waals surface area contributed by atoms with Gasteiger partial charge in [0.05, 0.1) is 7.11 Å². The molecule has 0 radical (unpaired) electrons. The van der Waals surface area contributed by atoms with Crippen molar-refractivity contribution >= 4 is 11.8 Å².